The molecule has 0 saturated heterocycles. The average molecular weight is 252 g/mol. The Hall–Kier alpha value is -0.410. The molecule has 0 aromatic carbocycles. The van der Waals surface area contributed by atoms with E-state index < -0.39 is 0 Å². The Kier molecular flexibility index (Phi) is 5.46. The fourth-order valence-corrected chi connectivity index (χ4v) is 3.53. The lowest BCUT2D eigenvalue weighted by Gasteiger charge is -2.19. The minimum atomic E-state index is 0.769. The molecule has 0 bridgehead atoms. The van der Waals surface area contributed by atoms with Crippen LogP contribution >= 0.6 is 11.3 Å². The number of aryl methyl sites for hydroxylation is 1. The summed E-state index contributed by atoms with van der Waals surface area (Å²) in [6.07, 6.45) is 10.6. The third kappa shape index (κ3) is 4.07. The van der Waals surface area contributed by atoms with Gasteiger partial charge >= 0.3 is 0 Å². The van der Waals surface area contributed by atoms with E-state index in [-0.39, 0.29) is 0 Å². The maximum Gasteiger partial charge on any atom is 0.0928 e. The molecule has 0 spiro atoms. The van der Waals surface area contributed by atoms with Crippen molar-refractivity contribution in [1.82, 2.24) is 10.3 Å². The lowest BCUT2D eigenvalue weighted by Crippen LogP contribution is -2.07. The molecule has 1 heterocycles. The topological polar surface area (TPSA) is 24.9 Å². The van der Waals surface area contributed by atoms with E-state index in [9.17, 15) is 0 Å². The van der Waals surface area contributed by atoms with Crippen LogP contribution in [0.25, 0.3) is 0 Å². The van der Waals surface area contributed by atoms with Crippen LogP contribution in [0, 0.1) is 0 Å². The van der Waals surface area contributed by atoms with Gasteiger partial charge in [0.05, 0.1) is 10.7 Å². The van der Waals surface area contributed by atoms with Crippen molar-refractivity contribution in [3.05, 3.63) is 16.1 Å². The van der Waals surface area contributed by atoms with E-state index in [1.54, 1.807) is 0 Å². The second kappa shape index (κ2) is 7.12. The molecule has 0 radical (unpaired) electrons. The SMILES string of the molecule is CNCCCCc1nc(C2CCCCC2)cs1. The van der Waals surface area contributed by atoms with E-state index in [1.165, 1.54) is 62.1 Å². The third-order valence-electron chi connectivity index (χ3n) is 3.66. The van der Waals surface area contributed by atoms with Crippen LogP contribution in [0.4, 0.5) is 0 Å². The summed E-state index contributed by atoms with van der Waals surface area (Å²) in [5.74, 6) is 0.769. The Morgan fingerprint density at radius 2 is 2.12 bits per heavy atom. The lowest BCUT2D eigenvalue weighted by atomic mass is 9.87. The lowest BCUT2D eigenvalue weighted by molar-refractivity contribution is 0.437. The summed E-state index contributed by atoms with van der Waals surface area (Å²) in [6.45, 7) is 1.13. The van der Waals surface area contributed by atoms with Gasteiger partial charge in [-0.25, -0.2) is 4.98 Å². The number of hydrogen-bond donors (Lipinski definition) is 1. The first-order valence-electron chi connectivity index (χ1n) is 6.99. The van der Waals surface area contributed by atoms with Crippen LogP contribution in [-0.4, -0.2) is 18.6 Å². The monoisotopic (exact) mass is 252 g/mol. The molecule has 3 heteroatoms. The number of nitrogens with zero attached hydrogens (tertiary/aromatic N) is 1. The van der Waals surface area contributed by atoms with E-state index >= 15 is 0 Å². The molecule has 1 fully saturated rings. The predicted molar refractivity (Wildman–Crippen MR) is 74.8 cm³/mol. The molecule has 1 aromatic heterocycles. The van der Waals surface area contributed by atoms with Crippen molar-refractivity contribution >= 4 is 11.3 Å². The molecule has 1 aromatic rings. The molecule has 2 nitrogen and oxygen atoms in total. The van der Waals surface area contributed by atoms with E-state index in [2.05, 4.69) is 10.7 Å². The van der Waals surface area contributed by atoms with Gasteiger partial charge in [0, 0.05) is 11.3 Å². The molecular formula is C14H24N2S. The summed E-state index contributed by atoms with van der Waals surface area (Å²) < 4.78 is 0. The quantitative estimate of drug-likeness (QED) is 0.780. The van der Waals surface area contributed by atoms with Crippen LogP contribution in [0.15, 0.2) is 5.38 Å². The Morgan fingerprint density at radius 1 is 1.29 bits per heavy atom. The van der Waals surface area contributed by atoms with Crippen LogP contribution in [0.1, 0.15) is 61.6 Å². The first-order valence-corrected chi connectivity index (χ1v) is 7.87. The van der Waals surface area contributed by atoms with Gasteiger partial charge in [0.25, 0.3) is 0 Å². The standard InChI is InChI=1S/C14H24N2S/c1-15-10-6-5-9-14-16-13(11-17-14)12-7-3-2-4-8-12/h11-12,15H,2-10H2,1H3. The highest BCUT2D eigenvalue weighted by Crippen LogP contribution is 2.33. The van der Waals surface area contributed by atoms with Gasteiger partial charge in [0.1, 0.15) is 0 Å². The zero-order valence-corrected chi connectivity index (χ0v) is 11.7. The zero-order chi connectivity index (χ0) is 11.9. The maximum atomic E-state index is 4.83. The van der Waals surface area contributed by atoms with Crippen molar-refractivity contribution in [2.24, 2.45) is 0 Å². The van der Waals surface area contributed by atoms with Crippen LogP contribution in [0.5, 0.6) is 0 Å². The van der Waals surface area contributed by atoms with Gasteiger partial charge in [0.2, 0.25) is 0 Å². The van der Waals surface area contributed by atoms with Crippen molar-refractivity contribution in [3.8, 4) is 0 Å². The fourth-order valence-electron chi connectivity index (χ4n) is 2.60. The van der Waals surface area contributed by atoms with E-state index in [0.29, 0.717) is 0 Å². The number of rotatable bonds is 6. The van der Waals surface area contributed by atoms with Crippen molar-refractivity contribution in [1.29, 1.82) is 0 Å². The molecule has 0 unspecified atom stereocenters. The van der Waals surface area contributed by atoms with Gasteiger partial charge in [-0.1, -0.05) is 19.3 Å². The highest BCUT2D eigenvalue weighted by molar-refractivity contribution is 7.09. The number of thiazole rings is 1. The van der Waals surface area contributed by atoms with Gasteiger partial charge in [-0.3, -0.25) is 0 Å². The highest BCUT2D eigenvalue weighted by Gasteiger charge is 2.17. The smallest absolute Gasteiger partial charge is 0.0928 e. The van der Waals surface area contributed by atoms with E-state index in [4.69, 9.17) is 4.98 Å². The summed E-state index contributed by atoms with van der Waals surface area (Å²) in [4.78, 5) is 4.83. The Labute approximate surface area is 109 Å². The van der Waals surface area contributed by atoms with E-state index in [0.717, 1.165) is 12.5 Å². The summed E-state index contributed by atoms with van der Waals surface area (Å²) >= 11 is 1.87. The first kappa shape index (κ1) is 13.0. The van der Waals surface area contributed by atoms with Crippen molar-refractivity contribution in [2.45, 2.75) is 57.3 Å². The average Bonchev–Trinajstić information content (AvgIpc) is 2.85. The summed E-state index contributed by atoms with van der Waals surface area (Å²) in [5, 5.41) is 6.85. The van der Waals surface area contributed by atoms with Gasteiger partial charge < -0.3 is 5.32 Å². The zero-order valence-electron chi connectivity index (χ0n) is 10.9. The number of hydrogen-bond acceptors (Lipinski definition) is 3. The largest absolute Gasteiger partial charge is 0.320 e. The molecule has 1 saturated carbocycles. The van der Waals surface area contributed by atoms with Gasteiger partial charge in [-0.15, -0.1) is 11.3 Å². The molecule has 96 valence electrons. The van der Waals surface area contributed by atoms with Gasteiger partial charge in [-0.2, -0.15) is 0 Å². The second-order valence-corrected chi connectivity index (χ2v) is 6.00. The van der Waals surface area contributed by atoms with Crippen molar-refractivity contribution in [2.75, 3.05) is 13.6 Å². The predicted octanol–water partition coefficient (Wildman–Crippen LogP) is 3.73. The van der Waals surface area contributed by atoms with E-state index in [1.807, 2.05) is 18.4 Å². The minimum Gasteiger partial charge on any atom is -0.320 e. The molecular weight excluding hydrogens is 228 g/mol. The molecule has 2 rings (SSSR count). The van der Waals surface area contributed by atoms with Crippen LogP contribution in [-0.2, 0) is 6.42 Å². The summed E-state index contributed by atoms with van der Waals surface area (Å²) in [7, 11) is 2.02. The first-order chi connectivity index (χ1) is 8.40. The van der Waals surface area contributed by atoms with Crippen LogP contribution in [0.2, 0.25) is 0 Å². The van der Waals surface area contributed by atoms with Crippen molar-refractivity contribution in [3.63, 3.8) is 0 Å². The van der Waals surface area contributed by atoms with Gasteiger partial charge in [0.15, 0.2) is 0 Å². The van der Waals surface area contributed by atoms with Crippen molar-refractivity contribution < 1.29 is 0 Å². The highest BCUT2D eigenvalue weighted by atomic mass is 32.1. The normalized spacial score (nSPS) is 17.5. The molecule has 1 aliphatic rings. The summed E-state index contributed by atoms with van der Waals surface area (Å²) in [5.41, 5.74) is 1.39. The Balaban J connectivity index is 1.78. The van der Waals surface area contributed by atoms with Crippen LogP contribution in [0.3, 0.4) is 0 Å². The van der Waals surface area contributed by atoms with Gasteiger partial charge in [-0.05, 0) is 45.7 Å². The Morgan fingerprint density at radius 3 is 2.88 bits per heavy atom. The molecule has 0 atom stereocenters. The number of aromatic nitrogens is 1. The summed E-state index contributed by atoms with van der Waals surface area (Å²) in [6, 6.07) is 0. The minimum absolute atomic E-state index is 0.769. The molecule has 1 aliphatic carbocycles. The number of nitrogens with one attached hydrogen (secondary N) is 1. The Bertz CT molecular complexity index is 316. The number of unbranched alkanes of at least 4 members (excludes halogenated alkanes) is 1. The molecule has 0 aliphatic heterocycles. The van der Waals surface area contributed by atoms with Crippen LogP contribution < -0.4 is 5.32 Å². The third-order valence-corrected chi connectivity index (χ3v) is 4.59. The maximum absolute atomic E-state index is 4.83. The fraction of sp³-hybridized carbons (Fsp3) is 0.786. The molecule has 17 heavy (non-hydrogen) atoms. The second-order valence-electron chi connectivity index (χ2n) is 5.06. The molecule has 1 N–H and O–H groups in total. The molecule has 0 amide bonds.